The number of hydrogen-bond donors (Lipinski definition) is 1. The van der Waals surface area contributed by atoms with Crippen molar-refractivity contribution in [2.24, 2.45) is 5.41 Å². The predicted molar refractivity (Wildman–Crippen MR) is 74.5 cm³/mol. The number of nitrogens with one attached hydrogen (secondary N) is 1. The van der Waals surface area contributed by atoms with Crippen LogP contribution in [-0.4, -0.2) is 13.1 Å². The third kappa shape index (κ3) is 2.86. The Hall–Kier alpha value is -0.600. The van der Waals surface area contributed by atoms with Crippen LogP contribution in [0.3, 0.4) is 0 Å². The van der Waals surface area contributed by atoms with E-state index in [1.165, 1.54) is 31.7 Å². The van der Waals surface area contributed by atoms with Crippen molar-refractivity contribution >= 4 is 11.6 Å². The largest absolute Gasteiger partial charge is 0.316 e. The van der Waals surface area contributed by atoms with Crippen molar-refractivity contribution in [3.63, 3.8) is 0 Å². The highest BCUT2D eigenvalue weighted by atomic mass is 35.5. The molecule has 1 saturated carbocycles. The summed E-state index contributed by atoms with van der Waals surface area (Å²) in [7, 11) is 2.01. The van der Waals surface area contributed by atoms with E-state index in [1.807, 2.05) is 13.1 Å². The first kappa shape index (κ1) is 13.8. The molecule has 0 heterocycles. The zero-order valence-corrected chi connectivity index (χ0v) is 11.9. The average molecular weight is 270 g/mol. The first-order valence-corrected chi connectivity index (χ1v) is 7.04. The lowest BCUT2D eigenvalue weighted by atomic mass is 9.78. The highest BCUT2D eigenvalue weighted by molar-refractivity contribution is 6.30. The Kier molecular flexibility index (Phi) is 4.29. The molecule has 1 aromatic rings. The number of hydrogen-bond acceptors (Lipinski definition) is 1. The summed E-state index contributed by atoms with van der Waals surface area (Å²) in [6, 6.07) is 5.48. The van der Waals surface area contributed by atoms with Gasteiger partial charge in [0.15, 0.2) is 0 Å². The smallest absolute Gasteiger partial charge is 0.141 e. The van der Waals surface area contributed by atoms with Gasteiger partial charge in [-0.05, 0) is 49.4 Å². The van der Waals surface area contributed by atoms with Gasteiger partial charge >= 0.3 is 0 Å². The molecule has 0 aliphatic heterocycles. The van der Waals surface area contributed by atoms with Crippen molar-refractivity contribution < 1.29 is 4.39 Å². The second-order valence-electron chi connectivity index (χ2n) is 5.65. The van der Waals surface area contributed by atoms with E-state index in [9.17, 15) is 4.39 Å². The highest BCUT2D eigenvalue weighted by Crippen LogP contribution is 2.41. The summed E-state index contributed by atoms with van der Waals surface area (Å²) in [5.41, 5.74) is 1.46. The third-order valence-electron chi connectivity index (χ3n) is 4.36. The van der Waals surface area contributed by atoms with Crippen LogP contribution in [0, 0.1) is 11.2 Å². The van der Waals surface area contributed by atoms with Gasteiger partial charge in [-0.2, -0.15) is 0 Å². The first-order chi connectivity index (χ1) is 8.55. The van der Waals surface area contributed by atoms with Crippen molar-refractivity contribution in [1.82, 2.24) is 5.32 Å². The van der Waals surface area contributed by atoms with Crippen molar-refractivity contribution in [1.29, 1.82) is 0 Å². The lowest BCUT2D eigenvalue weighted by molar-refractivity contribution is 0.229. The van der Waals surface area contributed by atoms with Crippen molar-refractivity contribution in [3.05, 3.63) is 34.6 Å². The van der Waals surface area contributed by atoms with Crippen LogP contribution in [0.4, 0.5) is 4.39 Å². The number of likely N-dealkylation sites (N-methyl/N-ethyl adjacent to an activating group) is 1. The van der Waals surface area contributed by atoms with Crippen molar-refractivity contribution in [3.8, 4) is 0 Å². The summed E-state index contributed by atoms with van der Waals surface area (Å²) < 4.78 is 13.1. The van der Waals surface area contributed by atoms with Gasteiger partial charge < -0.3 is 5.32 Å². The Morgan fingerprint density at radius 3 is 2.61 bits per heavy atom. The molecular formula is C15H21ClFN. The summed E-state index contributed by atoms with van der Waals surface area (Å²) >= 11 is 5.84. The molecule has 0 saturated heterocycles. The van der Waals surface area contributed by atoms with Crippen LogP contribution >= 0.6 is 11.6 Å². The Morgan fingerprint density at radius 2 is 2.06 bits per heavy atom. The van der Waals surface area contributed by atoms with E-state index in [0.29, 0.717) is 11.5 Å². The van der Waals surface area contributed by atoms with Crippen LogP contribution in [0.25, 0.3) is 0 Å². The molecule has 0 bridgehead atoms. The molecule has 100 valence electrons. The van der Waals surface area contributed by atoms with E-state index in [-0.39, 0.29) is 10.8 Å². The van der Waals surface area contributed by atoms with Gasteiger partial charge in [0.05, 0.1) is 5.02 Å². The van der Waals surface area contributed by atoms with Crippen LogP contribution < -0.4 is 5.32 Å². The second kappa shape index (κ2) is 5.58. The molecule has 2 rings (SSSR count). The fourth-order valence-corrected chi connectivity index (χ4v) is 3.33. The summed E-state index contributed by atoms with van der Waals surface area (Å²) in [5, 5.41) is 3.65. The molecule has 0 radical (unpaired) electrons. The summed E-state index contributed by atoms with van der Waals surface area (Å²) in [6.07, 6.45) is 6.09. The summed E-state index contributed by atoms with van der Waals surface area (Å²) in [5.74, 6) is -0.339. The molecule has 3 heteroatoms. The fourth-order valence-electron chi connectivity index (χ4n) is 3.13. The standard InChI is InChI=1S/C15H21ClFN/c1-15(7-3-4-8-15)14(18-2)10-11-5-6-13(17)12(16)9-11/h5-6,9,14,18H,3-4,7-8,10H2,1-2H3. The Morgan fingerprint density at radius 1 is 1.39 bits per heavy atom. The predicted octanol–water partition coefficient (Wildman–Crippen LogP) is 4.19. The van der Waals surface area contributed by atoms with Gasteiger partial charge in [0, 0.05) is 6.04 Å². The molecule has 1 fully saturated rings. The normalized spacial score (nSPS) is 20.0. The molecule has 1 unspecified atom stereocenters. The maximum Gasteiger partial charge on any atom is 0.141 e. The van der Waals surface area contributed by atoms with Crippen LogP contribution in [0.2, 0.25) is 5.02 Å². The Labute approximate surface area is 114 Å². The molecule has 1 nitrogen and oxygen atoms in total. The van der Waals surface area contributed by atoms with Gasteiger partial charge in [-0.25, -0.2) is 4.39 Å². The minimum absolute atomic E-state index is 0.221. The topological polar surface area (TPSA) is 12.0 Å². The van der Waals surface area contributed by atoms with Crippen LogP contribution in [-0.2, 0) is 6.42 Å². The first-order valence-electron chi connectivity index (χ1n) is 6.66. The Balaban J connectivity index is 2.12. The zero-order valence-electron chi connectivity index (χ0n) is 11.1. The molecule has 1 aliphatic rings. The van der Waals surface area contributed by atoms with E-state index in [2.05, 4.69) is 12.2 Å². The molecular weight excluding hydrogens is 249 g/mol. The Bertz CT molecular complexity index is 413. The quantitative estimate of drug-likeness (QED) is 0.864. The fraction of sp³-hybridized carbons (Fsp3) is 0.600. The van der Waals surface area contributed by atoms with E-state index < -0.39 is 0 Å². The van der Waals surface area contributed by atoms with Gasteiger partial charge in [-0.1, -0.05) is 37.4 Å². The minimum Gasteiger partial charge on any atom is -0.316 e. The van der Waals surface area contributed by atoms with Gasteiger partial charge in [0.2, 0.25) is 0 Å². The van der Waals surface area contributed by atoms with Crippen LogP contribution in [0.15, 0.2) is 18.2 Å². The van der Waals surface area contributed by atoms with Gasteiger partial charge in [0.1, 0.15) is 5.82 Å². The van der Waals surface area contributed by atoms with E-state index in [1.54, 1.807) is 6.07 Å². The lowest BCUT2D eigenvalue weighted by Crippen LogP contribution is -2.41. The van der Waals surface area contributed by atoms with Crippen LogP contribution in [0.1, 0.15) is 38.2 Å². The second-order valence-corrected chi connectivity index (χ2v) is 6.06. The monoisotopic (exact) mass is 269 g/mol. The lowest BCUT2D eigenvalue weighted by Gasteiger charge is -2.34. The number of halogens is 2. The third-order valence-corrected chi connectivity index (χ3v) is 4.65. The average Bonchev–Trinajstić information content (AvgIpc) is 2.78. The molecule has 1 aromatic carbocycles. The maximum absolute atomic E-state index is 13.1. The SMILES string of the molecule is CNC(Cc1ccc(F)c(Cl)c1)C1(C)CCCC1. The molecule has 1 atom stereocenters. The van der Waals surface area contributed by atoms with Gasteiger partial charge in [0.25, 0.3) is 0 Å². The molecule has 0 aromatic heterocycles. The molecule has 0 amide bonds. The maximum atomic E-state index is 13.1. The van der Waals surface area contributed by atoms with Crippen LogP contribution in [0.5, 0.6) is 0 Å². The molecule has 18 heavy (non-hydrogen) atoms. The number of benzene rings is 1. The molecule has 1 N–H and O–H groups in total. The van der Waals surface area contributed by atoms with E-state index in [0.717, 1.165) is 12.0 Å². The van der Waals surface area contributed by atoms with E-state index >= 15 is 0 Å². The van der Waals surface area contributed by atoms with Gasteiger partial charge in [-0.3, -0.25) is 0 Å². The number of rotatable bonds is 4. The van der Waals surface area contributed by atoms with Crippen molar-refractivity contribution in [2.45, 2.75) is 45.1 Å². The summed E-state index contributed by atoms with van der Waals surface area (Å²) in [4.78, 5) is 0. The van der Waals surface area contributed by atoms with Crippen molar-refractivity contribution in [2.75, 3.05) is 7.05 Å². The van der Waals surface area contributed by atoms with E-state index in [4.69, 9.17) is 11.6 Å². The minimum atomic E-state index is -0.339. The molecule has 0 spiro atoms. The zero-order chi connectivity index (χ0) is 13.2. The molecule has 1 aliphatic carbocycles. The van der Waals surface area contributed by atoms with Gasteiger partial charge in [-0.15, -0.1) is 0 Å². The summed E-state index contributed by atoms with van der Waals surface area (Å²) in [6.45, 7) is 2.35. The highest BCUT2D eigenvalue weighted by Gasteiger charge is 2.35.